The van der Waals surface area contributed by atoms with Crippen molar-refractivity contribution < 1.29 is 66.6 Å². The summed E-state index contributed by atoms with van der Waals surface area (Å²) in [5, 5.41) is 31.4. The van der Waals surface area contributed by atoms with Gasteiger partial charge in [0.1, 0.15) is 37.1 Å². The summed E-state index contributed by atoms with van der Waals surface area (Å²) < 4.78 is 40.3. The number of ether oxygens (including phenoxy) is 2. The van der Waals surface area contributed by atoms with E-state index in [2.05, 4.69) is 27.7 Å². The van der Waals surface area contributed by atoms with Crippen molar-refractivity contribution in [1.29, 1.82) is 0 Å². The van der Waals surface area contributed by atoms with E-state index >= 15 is 0 Å². The summed E-state index contributed by atoms with van der Waals surface area (Å²) >= 11 is 0. The Hall–Kier alpha value is -2.42. The normalized spacial score (nSPS) is 20.2. The van der Waals surface area contributed by atoms with Crippen LogP contribution in [0.3, 0.4) is 0 Å². The van der Waals surface area contributed by atoms with E-state index in [4.69, 9.17) is 22.9 Å². The fourth-order valence-corrected chi connectivity index (χ4v) is 8.27. The number of aryl methyl sites for hydroxylation is 2. The van der Waals surface area contributed by atoms with Crippen LogP contribution in [-0.4, -0.2) is 114 Å². The van der Waals surface area contributed by atoms with Crippen molar-refractivity contribution in [2.24, 2.45) is 11.8 Å². The Morgan fingerprint density at radius 1 is 0.803 bits per heavy atom. The summed E-state index contributed by atoms with van der Waals surface area (Å²) in [4.78, 5) is 48.6. The first-order valence-electron chi connectivity index (χ1n) is 22.9. The number of hydrogen-bond acceptors (Lipinski definition) is 12. The van der Waals surface area contributed by atoms with E-state index in [-0.39, 0.29) is 51.1 Å². The Morgan fingerprint density at radius 3 is 2.10 bits per heavy atom. The van der Waals surface area contributed by atoms with Gasteiger partial charge in [0.25, 0.3) is 0 Å². The molecular formula is C46H81NO13P+. The van der Waals surface area contributed by atoms with Gasteiger partial charge in [0.2, 0.25) is 0 Å². The molecule has 352 valence electrons. The smallest absolute Gasteiger partial charge is 0.466 e. The molecule has 0 aliphatic heterocycles. The van der Waals surface area contributed by atoms with Crippen LogP contribution in [0.25, 0.3) is 0 Å². The van der Waals surface area contributed by atoms with Crippen molar-refractivity contribution in [2.45, 2.75) is 181 Å². The molecule has 1 saturated carbocycles. The minimum absolute atomic E-state index is 0.0431. The number of phosphoric ester groups is 1. The van der Waals surface area contributed by atoms with Gasteiger partial charge in [0, 0.05) is 56.8 Å². The van der Waals surface area contributed by atoms with Crippen molar-refractivity contribution in [3.63, 3.8) is 0 Å². The molecule has 14 nitrogen and oxygen atoms in total. The summed E-state index contributed by atoms with van der Waals surface area (Å²) in [5.41, 5.74) is 2.53. The van der Waals surface area contributed by atoms with Crippen molar-refractivity contribution >= 4 is 25.5 Å². The quantitative estimate of drug-likeness (QED) is 0.0172. The summed E-state index contributed by atoms with van der Waals surface area (Å²) in [7, 11) is 1.22. The van der Waals surface area contributed by atoms with E-state index in [0.29, 0.717) is 36.7 Å². The molecule has 0 radical (unpaired) electrons. The number of rotatable bonds is 34. The molecule has 0 amide bonds. The molecule has 0 spiro atoms. The van der Waals surface area contributed by atoms with Crippen molar-refractivity contribution in [2.75, 3.05) is 47.5 Å². The first kappa shape index (κ1) is 54.7. The van der Waals surface area contributed by atoms with Crippen LogP contribution in [0.15, 0.2) is 16.6 Å². The molecule has 0 aromatic carbocycles. The molecule has 0 bridgehead atoms. The van der Waals surface area contributed by atoms with E-state index in [0.717, 1.165) is 82.1 Å². The van der Waals surface area contributed by atoms with Crippen LogP contribution in [-0.2, 0) is 50.3 Å². The third kappa shape index (κ3) is 23.2. The summed E-state index contributed by atoms with van der Waals surface area (Å²) in [5.74, 6) is 0.0548. The number of carbonyl (C=O) groups is 3. The molecule has 1 aliphatic rings. The minimum Gasteiger partial charge on any atom is -0.466 e. The first-order valence-corrected chi connectivity index (χ1v) is 24.4. The largest absolute Gasteiger partial charge is 0.472 e. The van der Waals surface area contributed by atoms with Crippen LogP contribution in [0.4, 0.5) is 0 Å². The van der Waals surface area contributed by atoms with E-state index in [1.165, 1.54) is 11.1 Å². The monoisotopic (exact) mass is 887 g/mol. The topological polar surface area (TPSA) is 199 Å². The number of unbranched alkanes of at least 4 members (excludes halogenated alkanes) is 8. The molecule has 2 rings (SSSR count). The third-order valence-corrected chi connectivity index (χ3v) is 12.4. The summed E-state index contributed by atoms with van der Waals surface area (Å²) in [6, 6.07) is 0. The Bertz CT molecular complexity index is 1500. The van der Waals surface area contributed by atoms with Gasteiger partial charge in [-0.3, -0.25) is 23.4 Å². The maximum Gasteiger partial charge on any atom is 0.472 e. The molecule has 1 unspecified atom stereocenters. The Morgan fingerprint density at radius 2 is 1.43 bits per heavy atom. The highest BCUT2D eigenvalue weighted by atomic mass is 31.2. The van der Waals surface area contributed by atoms with Gasteiger partial charge in [-0.25, -0.2) is 4.57 Å². The molecule has 1 aliphatic carbocycles. The number of nitrogens with zero attached hydrogens (tertiary/aromatic N) is 1. The van der Waals surface area contributed by atoms with Crippen LogP contribution >= 0.6 is 7.82 Å². The van der Waals surface area contributed by atoms with E-state index in [1.54, 1.807) is 12.2 Å². The lowest BCUT2D eigenvalue weighted by atomic mass is 9.87. The molecule has 1 aromatic rings. The zero-order valence-corrected chi connectivity index (χ0v) is 39.3. The SMILES string of the molecule is CCCCC[C@H](O)/C=C/[C@@H]1[C@@H](CC(=O)CCCCC(=O)O[C@H](COC(=O)CCCCCCCCc2oc(CCC)c(C)c2C)COP(=O)(O)OCC[N+](C)(C)C)[C@@H](O)C[C@H]1O. The van der Waals surface area contributed by atoms with Gasteiger partial charge in [-0.2, -0.15) is 0 Å². The number of furan rings is 1. The number of esters is 2. The predicted molar refractivity (Wildman–Crippen MR) is 235 cm³/mol. The number of carbonyl (C=O) groups excluding carboxylic acids is 3. The summed E-state index contributed by atoms with van der Waals surface area (Å²) in [6.07, 6.45) is 13.3. The molecule has 7 atom stereocenters. The number of aliphatic hydroxyl groups is 3. The second kappa shape index (κ2) is 29.1. The fourth-order valence-electron chi connectivity index (χ4n) is 7.53. The third-order valence-electron chi connectivity index (χ3n) is 11.5. The average Bonchev–Trinajstić information content (AvgIpc) is 3.61. The van der Waals surface area contributed by atoms with Gasteiger partial charge in [-0.1, -0.05) is 70.9 Å². The second-order valence-corrected chi connectivity index (χ2v) is 19.4. The highest BCUT2D eigenvalue weighted by molar-refractivity contribution is 7.47. The molecule has 61 heavy (non-hydrogen) atoms. The maximum absolute atomic E-state index is 12.9. The minimum atomic E-state index is -4.49. The zero-order valence-electron chi connectivity index (χ0n) is 38.4. The standard InChI is InChI=1S/C46H80NO13P/c1-8-10-15-21-36(48)26-27-39-40(42(51)31-41(39)50)30-37(49)22-18-19-25-46(53)59-38(33-58-61(54,55)57-29-28-47(5,6)7)32-56-45(52)24-17-14-12-11-13-16-23-44-35(4)34(3)43(60-44)20-9-2/h26-27,36,38-42,48,50-51H,8-25,28-33H2,1-7H3/p+1/b27-26+/t36-,38+,39+,40+,41+,42-/m0/s1. The van der Waals surface area contributed by atoms with Gasteiger partial charge in [-0.05, 0) is 63.5 Å². The van der Waals surface area contributed by atoms with Gasteiger partial charge in [-0.15, -0.1) is 0 Å². The Balaban J connectivity index is 1.79. The second-order valence-electron chi connectivity index (χ2n) is 18.0. The van der Waals surface area contributed by atoms with Gasteiger partial charge >= 0.3 is 19.8 Å². The molecule has 1 aromatic heterocycles. The number of Topliss-reactive ketones (excluding diaryl/α,β-unsaturated/α-hetero) is 1. The lowest BCUT2D eigenvalue weighted by Crippen LogP contribution is -2.37. The molecule has 1 fully saturated rings. The summed E-state index contributed by atoms with van der Waals surface area (Å²) in [6.45, 7) is 8.00. The average molecular weight is 887 g/mol. The molecule has 1 heterocycles. The van der Waals surface area contributed by atoms with Crippen molar-refractivity contribution in [1.82, 2.24) is 0 Å². The van der Waals surface area contributed by atoms with Gasteiger partial charge in [0.05, 0.1) is 46.1 Å². The Labute approximate surface area is 365 Å². The van der Waals surface area contributed by atoms with Gasteiger partial charge < -0.3 is 38.6 Å². The van der Waals surface area contributed by atoms with Crippen molar-refractivity contribution in [3.05, 3.63) is 34.8 Å². The molecule has 4 N–H and O–H groups in total. The molecular weight excluding hydrogens is 805 g/mol. The van der Waals surface area contributed by atoms with Crippen molar-refractivity contribution in [3.8, 4) is 0 Å². The number of ketones is 1. The number of phosphoric acid groups is 1. The van der Waals surface area contributed by atoms with Gasteiger partial charge in [0.15, 0.2) is 6.10 Å². The predicted octanol–water partition coefficient (Wildman–Crippen LogP) is 7.79. The number of aliphatic hydroxyl groups excluding tert-OH is 3. The first-order chi connectivity index (χ1) is 28.9. The van der Waals surface area contributed by atoms with Crippen LogP contribution in [0.2, 0.25) is 0 Å². The maximum atomic E-state index is 12.9. The lowest BCUT2D eigenvalue weighted by molar-refractivity contribution is -0.870. The van der Waals surface area contributed by atoms with Crippen LogP contribution in [0, 0.1) is 25.7 Å². The molecule has 15 heteroatoms. The Kier molecular flexibility index (Phi) is 26.1. The lowest BCUT2D eigenvalue weighted by Gasteiger charge is -2.24. The fraction of sp³-hybridized carbons (Fsp3) is 0.804. The highest BCUT2D eigenvalue weighted by Crippen LogP contribution is 2.43. The van der Waals surface area contributed by atoms with E-state index in [1.807, 2.05) is 21.1 Å². The van der Waals surface area contributed by atoms with Crippen LogP contribution in [0.1, 0.15) is 152 Å². The number of likely N-dealkylation sites (N-methyl/N-ethyl adjacent to an activating group) is 1. The number of quaternary nitrogens is 1. The van der Waals surface area contributed by atoms with Crippen LogP contribution in [0.5, 0.6) is 0 Å². The molecule has 0 saturated heterocycles. The number of hydrogen-bond donors (Lipinski definition) is 4. The van der Waals surface area contributed by atoms with E-state index in [9.17, 15) is 39.2 Å². The zero-order chi connectivity index (χ0) is 45.4. The van der Waals surface area contributed by atoms with Crippen LogP contribution < -0.4 is 0 Å². The highest BCUT2D eigenvalue weighted by Gasteiger charge is 2.41. The van der Waals surface area contributed by atoms with E-state index < -0.39 is 62.6 Å².